The molecule has 0 spiro atoms. The first-order valence-electron chi connectivity index (χ1n) is 6.26. The number of aliphatic hydroxyl groups is 1. The number of hydrogen-bond donors (Lipinski definition) is 1. The van der Waals surface area contributed by atoms with Crippen molar-refractivity contribution in [2.24, 2.45) is 5.92 Å². The van der Waals surface area contributed by atoms with Crippen LogP contribution in [0.3, 0.4) is 0 Å². The lowest BCUT2D eigenvalue weighted by Gasteiger charge is -2.36. The highest BCUT2D eigenvalue weighted by Gasteiger charge is 2.29. The molecule has 16 heavy (non-hydrogen) atoms. The van der Waals surface area contributed by atoms with Crippen LogP contribution in [0.5, 0.6) is 0 Å². The van der Waals surface area contributed by atoms with Gasteiger partial charge in [-0.25, -0.2) is 0 Å². The minimum atomic E-state index is -0.113. The van der Waals surface area contributed by atoms with Gasteiger partial charge in [-0.3, -0.25) is 0 Å². The molecule has 0 saturated carbocycles. The molecule has 3 unspecified atom stereocenters. The number of rotatable bonds is 8. The summed E-state index contributed by atoms with van der Waals surface area (Å²) >= 11 is 0. The van der Waals surface area contributed by atoms with Gasteiger partial charge in [0.1, 0.15) is 0 Å². The first-order chi connectivity index (χ1) is 7.35. The zero-order chi connectivity index (χ0) is 12.8. The third kappa shape index (κ3) is 5.28. The highest BCUT2D eigenvalue weighted by molar-refractivity contribution is 4.78. The monoisotopic (exact) mass is 232 g/mol. The Kier molecular flexibility index (Phi) is 7.20. The van der Waals surface area contributed by atoms with E-state index in [4.69, 9.17) is 14.6 Å². The summed E-state index contributed by atoms with van der Waals surface area (Å²) in [5.74, 6) is 0.482. The summed E-state index contributed by atoms with van der Waals surface area (Å²) in [6.45, 7) is 13.1. The van der Waals surface area contributed by atoms with Crippen LogP contribution in [0, 0.1) is 5.92 Å². The molecule has 0 rings (SSSR count). The van der Waals surface area contributed by atoms with E-state index >= 15 is 0 Å². The van der Waals surface area contributed by atoms with Gasteiger partial charge in [0.2, 0.25) is 0 Å². The molecule has 0 heterocycles. The standard InChI is InChI=1S/C13H28O3/c1-7-13(6,10(2)3)16-12(5)9-15-11(4)8-14/h10-12,14H,7-9H2,1-6H3. The van der Waals surface area contributed by atoms with Gasteiger partial charge < -0.3 is 14.6 Å². The number of aliphatic hydroxyl groups excluding tert-OH is 1. The summed E-state index contributed by atoms with van der Waals surface area (Å²) in [5.41, 5.74) is -0.0920. The molecule has 0 aliphatic heterocycles. The van der Waals surface area contributed by atoms with Crippen molar-refractivity contribution in [2.45, 2.75) is 65.8 Å². The Morgan fingerprint density at radius 3 is 2.06 bits per heavy atom. The van der Waals surface area contributed by atoms with Crippen molar-refractivity contribution in [2.75, 3.05) is 13.2 Å². The highest BCUT2D eigenvalue weighted by atomic mass is 16.6. The van der Waals surface area contributed by atoms with Crippen LogP contribution in [0.2, 0.25) is 0 Å². The fraction of sp³-hybridized carbons (Fsp3) is 1.00. The Bertz CT molecular complexity index is 182. The van der Waals surface area contributed by atoms with E-state index in [1.165, 1.54) is 0 Å². The predicted octanol–water partition coefficient (Wildman–Crippen LogP) is 2.61. The maximum absolute atomic E-state index is 8.85. The van der Waals surface area contributed by atoms with E-state index in [9.17, 15) is 0 Å². The summed E-state index contributed by atoms with van der Waals surface area (Å²) in [5, 5.41) is 8.85. The van der Waals surface area contributed by atoms with Crippen molar-refractivity contribution in [3.8, 4) is 0 Å². The molecule has 3 heteroatoms. The first-order valence-corrected chi connectivity index (χ1v) is 6.26. The lowest BCUT2D eigenvalue weighted by atomic mass is 9.89. The molecular weight excluding hydrogens is 204 g/mol. The Labute approximate surface area is 100 Å². The van der Waals surface area contributed by atoms with Gasteiger partial charge >= 0.3 is 0 Å². The summed E-state index contributed by atoms with van der Waals surface area (Å²) < 4.78 is 11.5. The minimum Gasteiger partial charge on any atom is -0.394 e. The van der Waals surface area contributed by atoms with Gasteiger partial charge in [-0.05, 0) is 33.1 Å². The van der Waals surface area contributed by atoms with Crippen LogP contribution in [-0.4, -0.2) is 36.1 Å². The normalized spacial score (nSPS) is 19.5. The average Bonchev–Trinajstić information content (AvgIpc) is 2.25. The molecule has 0 aliphatic carbocycles. The van der Waals surface area contributed by atoms with Crippen molar-refractivity contribution in [3.63, 3.8) is 0 Å². The molecule has 0 fully saturated rings. The summed E-state index contributed by atoms with van der Waals surface area (Å²) in [6.07, 6.45) is 0.934. The van der Waals surface area contributed by atoms with E-state index in [0.29, 0.717) is 12.5 Å². The second-order valence-corrected chi connectivity index (χ2v) is 5.08. The van der Waals surface area contributed by atoms with Crippen LogP contribution in [0.4, 0.5) is 0 Å². The summed E-state index contributed by atoms with van der Waals surface area (Å²) in [7, 11) is 0. The van der Waals surface area contributed by atoms with E-state index < -0.39 is 0 Å². The van der Waals surface area contributed by atoms with Gasteiger partial charge in [0, 0.05) is 0 Å². The van der Waals surface area contributed by atoms with E-state index in [0.717, 1.165) is 6.42 Å². The molecule has 0 aromatic rings. The Morgan fingerprint density at radius 2 is 1.69 bits per heavy atom. The summed E-state index contributed by atoms with van der Waals surface area (Å²) in [6, 6.07) is 0. The molecule has 3 nitrogen and oxygen atoms in total. The maximum Gasteiger partial charge on any atom is 0.0788 e. The SMILES string of the molecule is CCC(C)(OC(C)COC(C)CO)C(C)C. The second kappa shape index (κ2) is 7.25. The second-order valence-electron chi connectivity index (χ2n) is 5.08. The van der Waals surface area contributed by atoms with Gasteiger partial charge in [-0.2, -0.15) is 0 Å². The fourth-order valence-corrected chi connectivity index (χ4v) is 1.47. The molecule has 98 valence electrons. The number of ether oxygens (including phenoxy) is 2. The Morgan fingerprint density at radius 1 is 1.12 bits per heavy atom. The molecule has 3 atom stereocenters. The maximum atomic E-state index is 8.85. The molecular formula is C13H28O3. The van der Waals surface area contributed by atoms with Crippen LogP contribution in [0.1, 0.15) is 48.0 Å². The van der Waals surface area contributed by atoms with E-state index in [-0.39, 0.29) is 24.4 Å². The van der Waals surface area contributed by atoms with Crippen LogP contribution in [-0.2, 0) is 9.47 Å². The van der Waals surface area contributed by atoms with Gasteiger partial charge in [0.05, 0.1) is 31.0 Å². The van der Waals surface area contributed by atoms with Crippen LogP contribution in [0.15, 0.2) is 0 Å². The van der Waals surface area contributed by atoms with Crippen molar-refractivity contribution in [1.82, 2.24) is 0 Å². The zero-order valence-corrected chi connectivity index (χ0v) is 11.6. The molecule has 0 radical (unpaired) electrons. The largest absolute Gasteiger partial charge is 0.394 e. The molecule has 0 saturated heterocycles. The number of hydrogen-bond acceptors (Lipinski definition) is 3. The topological polar surface area (TPSA) is 38.7 Å². The smallest absolute Gasteiger partial charge is 0.0788 e. The van der Waals surface area contributed by atoms with E-state index in [1.54, 1.807) is 0 Å². The van der Waals surface area contributed by atoms with E-state index in [2.05, 4.69) is 27.7 Å². The van der Waals surface area contributed by atoms with Gasteiger partial charge in [-0.1, -0.05) is 20.8 Å². The van der Waals surface area contributed by atoms with Gasteiger partial charge in [0.25, 0.3) is 0 Å². The molecule has 1 N–H and O–H groups in total. The van der Waals surface area contributed by atoms with Crippen LogP contribution < -0.4 is 0 Å². The fourth-order valence-electron chi connectivity index (χ4n) is 1.47. The average molecular weight is 232 g/mol. The molecule has 0 amide bonds. The van der Waals surface area contributed by atoms with Crippen molar-refractivity contribution in [1.29, 1.82) is 0 Å². The highest BCUT2D eigenvalue weighted by Crippen LogP contribution is 2.26. The van der Waals surface area contributed by atoms with Crippen molar-refractivity contribution < 1.29 is 14.6 Å². The zero-order valence-electron chi connectivity index (χ0n) is 11.6. The first kappa shape index (κ1) is 15.9. The molecule has 0 bridgehead atoms. The lowest BCUT2D eigenvalue weighted by molar-refractivity contribution is -0.135. The third-order valence-electron chi connectivity index (χ3n) is 3.27. The quantitative estimate of drug-likeness (QED) is 0.699. The molecule has 0 aliphatic rings. The minimum absolute atomic E-state index is 0.0568. The molecule has 0 aromatic carbocycles. The third-order valence-corrected chi connectivity index (χ3v) is 3.27. The lowest BCUT2D eigenvalue weighted by Crippen LogP contribution is -2.39. The Balaban J connectivity index is 4.06. The van der Waals surface area contributed by atoms with Gasteiger partial charge in [0.15, 0.2) is 0 Å². The van der Waals surface area contributed by atoms with Gasteiger partial charge in [-0.15, -0.1) is 0 Å². The van der Waals surface area contributed by atoms with Crippen molar-refractivity contribution in [3.05, 3.63) is 0 Å². The van der Waals surface area contributed by atoms with Crippen LogP contribution >= 0.6 is 0 Å². The predicted molar refractivity (Wildman–Crippen MR) is 66.6 cm³/mol. The van der Waals surface area contributed by atoms with Crippen molar-refractivity contribution >= 4 is 0 Å². The Hall–Kier alpha value is -0.120. The molecule has 0 aromatic heterocycles. The van der Waals surface area contributed by atoms with E-state index in [1.807, 2.05) is 13.8 Å². The van der Waals surface area contributed by atoms with Crippen LogP contribution in [0.25, 0.3) is 0 Å². The summed E-state index contributed by atoms with van der Waals surface area (Å²) in [4.78, 5) is 0.